The number of aliphatic carboxylic acids is 1. The SMILES string of the molecule is CCC1Nc2ncnc(N3CCOCC3)c2N(Cc2ccc(C)cc2)C1=O.O=C(O)C(F)(F)F. The molecule has 2 N–H and O–H groups in total. The molecule has 9 nitrogen and oxygen atoms in total. The minimum atomic E-state index is -5.08. The highest BCUT2D eigenvalue weighted by atomic mass is 19.4. The van der Waals surface area contributed by atoms with Crippen LogP contribution in [-0.4, -0.2) is 65.5 Å². The van der Waals surface area contributed by atoms with Crippen molar-refractivity contribution in [1.82, 2.24) is 9.97 Å². The molecule has 2 aliphatic rings. The quantitative estimate of drug-likeness (QED) is 0.686. The normalized spacial score (nSPS) is 17.9. The highest BCUT2D eigenvalue weighted by molar-refractivity contribution is 6.06. The van der Waals surface area contributed by atoms with Gasteiger partial charge in [0.15, 0.2) is 11.6 Å². The number of aryl methyl sites for hydroxylation is 1. The number of ether oxygens (including phenoxy) is 1. The van der Waals surface area contributed by atoms with Gasteiger partial charge < -0.3 is 20.1 Å². The molecule has 0 aliphatic carbocycles. The number of carbonyl (C=O) groups is 2. The van der Waals surface area contributed by atoms with Gasteiger partial charge in [-0.15, -0.1) is 0 Å². The van der Waals surface area contributed by atoms with Crippen molar-refractivity contribution in [3.8, 4) is 0 Å². The highest BCUT2D eigenvalue weighted by Crippen LogP contribution is 2.38. The maximum absolute atomic E-state index is 13.2. The Kier molecular flexibility index (Phi) is 7.92. The first-order chi connectivity index (χ1) is 16.1. The standard InChI is InChI=1S/C20H25N5O2.C2HF3O2/c1-3-16-20(26)25(12-15-6-4-14(2)5-7-15)17-18(23-16)21-13-22-19(17)24-8-10-27-11-9-24;3-2(4,5)1(6)7/h4-7,13,16H,3,8-12H2,1-2H3,(H,21,22,23);(H,6,7). The summed E-state index contributed by atoms with van der Waals surface area (Å²) in [4.78, 5) is 35.1. The molecule has 12 heteroatoms. The first-order valence-corrected chi connectivity index (χ1v) is 10.7. The van der Waals surface area contributed by atoms with E-state index in [2.05, 4.69) is 51.4 Å². The Morgan fingerprint density at radius 3 is 2.38 bits per heavy atom. The number of rotatable bonds is 4. The first-order valence-electron chi connectivity index (χ1n) is 10.7. The van der Waals surface area contributed by atoms with Crippen molar-refractivity contribution in [3.63, 3.8) is 0 Å². The number of nitrogens with one attached hydrogen (secondary N) is 1. The smallest absolute Gasteiger partial charge is 0.475 e. The van der Waals surface area contributed by atoms with E-state index in [0.29, 0.717) is 26.2 Å². The molecular weight excluding hydrogens is 455 g/mol. The van der Waals surface area contributed by atoms with Crippen molar-refractivity contribution in [2.45, 2.75) is 39.0 Å². The summed E-state index contributed by atoms with van der Waals surface area (Å²) in [6, 6.07) is 8.03. The summed E-state index contributed by atoms with van der Waals surface area (Å²) in [6.07, 6.45) is -2.80. The number of carboxylic acids is 1. The summed E-state index contributed by atoms with van der Waals surface area (Å²) in [5.41, 5.74) is 3.07. The lowest BCUT2D eigenvalue weighted by Gasteiger charge is -2.38. The Morgan fingerprint density at radius 2 is 1.82 bits per heavy atom. The van der Waals surface area contributed by atoms with Crippen LogP contribution in [0.2, 0.25) is 0 Å². The van der Waals surface area contributed by atoms with Crippen molar-refractivity contribution >= 4 is 29.2 Å². The Bertz CT molecular complexity index is 1010. The molecule has 0 spiro atoms. The van der Waals surface area contributed by atoms with Crippen LogP contribution in [0.25, 0.3) is 0 Å². The van der Waals surface area contributed by atoms with Gasteiger partial charge in [0.05, 0.1) is 19.8 Å². The number of alkyl halides is 3. The van der Waals surface area contributed by atoms with Gasteiger partial charge in [0, 0.05) is 13.1 Å². The van der Waals surface area contributed by atoms with Crippen molar-refractivity contribution in [1.29, 1.82) is 0 Å². The molecule has 0 saturated carbocycles. The third-order valence-corrected chi connectivity index (χ3v) is 5.37. The van der Waals surface area contributed by atoms with Crippen LogP contribution in [0.5, 0.6) is 0 Å². The largest absolute Gasteiger partial charge is 0.490 e. The minimum Gasteiger partial charge on any atom is -0.475 e. The van der Waals surface area contributed by atoms with Gasteiger partial charge in [-0.3, -0.25) is 9.69 Å². The Balaban J connectivity index is 0.000000406. The van der Waals surface area contributed by atoms with Crippen LogP contribution in [-0.2, 0) is 20.9 Å². The monoisotopic (exact) mass is 481 g/mol. The fourth-order valence-corrected chi connectivity index (χ4v) is 3.57. The van der Waals surface area contributed by atoms with E-state index in [0.717, 1.165) is 36.0 Å². The number of hydrogen-bond acceptors (Lipinski definition) is 7. The molecule has 2 aliphatic heterocycles. The van der Waals surface area contributed by atoms with Crippen LogP contribution in [0.1, 0.15) is 24.5 Å². The maximum atomic E-state index is 13.2. The van der Waals surface area contributed by atoms with E-state index in [-0.39, 0.29) is 11.9 Å². The molecule has 4 rings (SSSR count). The van der Waals surface area contributed by atoms with Gasteiger partial charge in [-0.2, -0.15) is 13.2 Å². The number of hydrogen-bond donors (Lipinski definition) is 2. The first kappa shape index (κ1) is 25.2. The van der Waals surface area contributed by atoms with Crippen LogP contribution in [0, 0.1) is 6.92 Å². The van der Waals surface area contributed by atoms with Gasteiger partial charge in [0.1, 0.15) is 18.1 Å². The summed E-state index contributed by atoms with van der Waals surface area (Å²) in [6.45, 7) is 7.42. The lowest BCUT2D eigenvalue weighted by molar-refractivity contribution is -0.192. The predicted octanol–water partition coefficient (Wildman–Crippen LogP) is 2.99. The maximum Gasteiger partial charge on any atom is 0.490 e. The molecule has 184 valence electrons. The lowest BCUT2D eigenvalue weighted by atomic mass is 10.1. The van der Waals surface area contributed by atoms with Gasteiger partial charge in [-0.1, -0.05) is 36.8 Å². The predicted molar refractivity (Wildman–Crippen MR) is 119 cm³/mol. The second kappa shape index (κ2) is 10.7. The van der Waals surface area contributed by atoms with Crippen molar-refractivity contribution < 1.29 is 32.6 Å². The van der Waals surface area contributed by atoms with Crippen LogP contribution in [0.3, 0.4) is 0 Å². The van der Waals surface area contributed by atoms with Crippen molar-refractivity contribution in [2.75, 3.05) is 41.4 Å². The molecule has 0 bridgehead atoms. The van der Waals surface area contributed by atoms with E-state index in [1.54, 1.807) is 6.33 Å². The second-order valence-corrected chi connectivity index (χ2v) is 7.81. The number of carbonyl (C=O) groups excluding carboxylic acids is 1. The summed E-state index contributed by atoms with van der Waals surface area (Å²) < 4.78 is 37.2. The van der Waals surface area contributed by atoms with E-state index in [9.17, 15) is 18.0 Å². The summed E-state index contributed by atoms with van der Waals surface area (Å²) >= 11 is 0. The number of nitrogens with zero attached hydrogens (tertiary/aromatic N) is 4. The number of amides is 1. The molecular formula is C22H26F3N5O4. The molecule has 3 heterocycles. The Hall–Kier alpha value is -3.41. The molecule has 1 fully saturated rings. The van der Waals surface area contributed by atoms with Crippen LogP contribution in [0.15, 0.2) is 30.6 Å². The lowest BCUT2D eigenvalue weighted by Crippen LogP contribution is -2.48. The fraction of sp³-hybridized carbons (Fsp3) is 0.455. The van der Waals surface area contributed by atoms with Crippen LogP contribution in [0.4, 0.5) is 30.5 Å². The number of fused-ring (bicyclic) bond motifs is 1. The summed E-state index contributed by atoms with van der Waals surface area (Å²) in [5.74, 6) is -1.17. The van der Waals surface area contributed by atoms with Gasteiger partial charge >= 0.3 is 12.1 Å². The molecule has 2 aromatic rings. The molecule has 1 atom stereocenters. The third kappa shape index (κ3) is 5.93. The van der Waals surface area contributed by atoms with Gasteiger partial charge in [-0.05, 0) is 18.9 Å². The molecule has 1 saturated heterocycles. The molecule has 0 radical (unpaired) electrons. The molecule has 1 unspecified atom stereocenters. The molecule has 1 aromatic carbocycles. The van der Waals surface area contributed by atoms with Crippen molar-refractivity contribution in [3.05, 3.63) is 41.7 Å². The topological polar surface area (TPSA) is 108 Å². The zero-order chi connectivity index (χ0) is 24.9. The zero-order valence-corrected chi connectivity index (χ0v) is 18.8. The fourth-order valence-electron chi connectivity index (χ4n) is 3.57. The van der Waals surface area contributed by atoms with E-state index in [4.69, 9.17) is 14.6 Å². The number of benzene rings is 1. The summed E-state index contributed by atoms with van der Waals surface area (Å²) in [5, 5.41) is 10.4. The average molecular weight is 481 g/mol. The number of carboxylic acid groups (broad SMARTS) is 1. The number of halogens is 3. The van der Waals surface area contributed by atoms with E-state index in [1.165, 1.54) is 5.56 Å². The van der Waals surface area contributed by atoms with Gasteiger partial charge in [0.25, 0.3) is 0 Å². The van der Waals surface area contributed by atoms with E-state index in [1.807, 2.05) is 11.8 Å². The van der Waals surface area contributed by atoms with Gasteiger partial charge in [-0.25, -0.2) is 14.8 Å². The summed E-state index contributed by atoms with van der Waals surface area (Å²) in [7, 11) is 0. The Morgan fingerprint density at radius 1 is 1.21 bits per heavy atom. The van der Waals surface area contributed by atoms with E-state index >= 15 is 0 Å². The number of morpholine rings is 1. The molecule has 1 aromatic heterocycles. The molecule has 34 heavy (non-hydrogen) atoms. The average Bonchev–Trinajstić information content (AvgIpc) is 2.82. The van der Waals surface area contributed by atoms with Gasteiger partial charge in [0.2, 0.25) is 5.91 Å². The van der Waals surface area contributed by atoms with E-state index < -0.39 is 12.1 Å². The van der Waals surface area contributed by atoms with Crippen LogP contribution >= 0.6 is 0 Å². The van der Waals surface area contributed by atoms with Crippen LogP contribution < -0.4 is 15.1 Å². The second-order valence-electron chi connectivity index (χ2n) is 7.81. The third-order valence-electron chi connectivity index (χ3n) is 5.37. The Labute approximate surface area is 194 Å². The van der Waals surface area contributed by atoms with Crippen molar-refractivity contribution in [2.24, 2.45) is 0 Å². The highest BCUT2D eigenvalue weighted by Gasteiger charge is 2.38. The molecule has 1 amide bonds. The number of anilines is 3. The minimum absolute atomic E-state index is 0.0647. The number of aromatic nitrogens is 2. The zero-order valence-electron chi connectivity index (χ0n) is 18.8.